The molecular formula is C15H17Cl2NO4. The van der Waals surface area contributed by atoms with Gasteiger partial charge in [0.15, 0.2) is 5.75 Å². The Hall–Kier alpha value is -1.46. The molecule has 5 nitrogen and oxygen atoms in total. The van der Waals surface area contributed by atoms with Crippen molar-refractivity contribution in [1.82, 2.24) is 4.90 Å². The zero-order chi connectivity index (χ0) is 16.3. The van der Waals surface area contributed by atoms with Crippen LogP contribution in [0.3, 0.4) is 0 Å². The van der Waals surface area contributed by atoms with Crippen molar-refractivity contribution in [3.63, 3.8) is 0 Å². The van der Waals surface area contributed by atoms with Crippen molar-refractivity contribution >= 4 is 35.3 Å². The van der Waals surface area contributed by atoms with Gasteiger partial charge in [-0.2, -0.15) is 0 Å². The standard InChI is InChI=1S/C15H17Cl2NO4/c1-9(2)21-14(19)10-7-13(12(17)8-11(10)16)22-15(20)18-5-3-4-6-18/h7-9H,3-6H2,1-2H3. The fraction of sp³-hybridized carbons (Fsp3) is 0.467. The fourth-order valence-electron chi connectivity index (χ4n) is 2.10. The second-order valence-corrected chi connectivity index (χ2v) is 6.09. The Kier molecular flexibility index (Phi) is 5.53. The summed E-state index contributed by atoms with van der Waals surface area (Å²) in [6.45, 7) is 4.78. The molecule has 1 aliphatic rings. The number of halogens is 2. The van der Waals surface area contributed by atoms with Gasteiger partial charge < -0.3 is 14.4 Å². The van der Waals surface area contributed by atoms with Crippen molar-refractivity contribution in [3.05, 3.63) is 27.7 Å². The number of ether oxygens (including phenoxy) is 2. The quantitative estimate of drug-likeness (QED) is 0.772. The molecule has 0 atom stereocenters. The summed E-state index contributed by atoms with van der Waals surface area (Å²) in [4.78, 5) is 25.6. The Bertz CT molecular complexity index is 583. The van der Waals surface area contributed by atoms with Crippen molar-refractivity contribution < 1.29 is 19.1 Å². The summed E-state index contributed by atoms with van der Waals surface area (Å²) >= 11 is 12.0. The van der Waals surface area contributed by atoms with Crippen LogP contribution in [0.15, 0.2) is 12.1 Å². The van der Waals surface area contributed by atoms with E-state index in [0.29, 0.717) is 13.1 Å². The van der Waals surface area contributed by atoms with E-state index in [4.69, 9.17) is 32.7 Å². The highest BCUT2D eigenvalue weighted by Crippen LogP contribution is 2.32. The van der Waals surface area contributed by atoms with E-state index < -0.39 is 12.1 Å². The molecule has 0 saturated carbocycles. The molecule has 0 bridgehead atoms. The zero-order valence-corrected chi connectivity index (χ0v) is 13.9. The van der Waals surface area contributed by atoms with Crippen LogP contribution < -0.4 is 4.74 Å². The summed E-state index contributed by atoms with van der Waals surface area (Å²) in [6, 6.07) is 2.70. The molecule has 1 fully saturated rings. The molecule has 1 aliphatic heterocycles. The molecule has 1 amide bonds. The number of rotatable bonds is 3. The summed E-state index contributed by atoms with van der Waals surface area (Å²) in [5.74, 6) is -0.492. The van der Waals surface area contributed by atoms with Crippen LogP contribution >= 0.6 is 23.2 Å². The van der Waals surface area contributed by atoms with E-state index in [9.17, 15) is 9.59 Å². The maximum atomic E-state index is 12.0. The monoisotopic (exact) mass is 345 g/mol. The second-order valence-electron chi connectivity index (χ2n) is 5.28. The van der Waals surface area contributed by atoms with E-state index in [1.165, 1.54) is 12.1 Å². The predicted molar refractivity (Wildman–Crippen MR) is 83.8 cm³/mol. The summed E-state index contributed by atoms with van der Waals surface area (Å²) < 4.78 is 10.4. The van der Waals surface area contributed by atoms with Gasteiger partial charge in [-0.1, -0.05) is 23.2 Å². The molecule has 1 aromatic rings. The first kappa shape index (κ1) is 16.9. The molecule has 0 radical (unpaired) electrons. The van der Waals surface area contributed by atoms with E-state index in [1.54, 1.807) is 18.7 Å². The van der Waals surface area contributed by atoms with E-state index >= 15 is 0 Å². The van der Waals surface area contributed by atoms with Crippen LogP contribution in [0.2, 0.25) is 10.0 Å². The highest BCUT2D eigenvalue weighted by Gasteiger charge is 2.23. The van der Waals surface area contributed by atoms with Crippen LogP contribution in [-0.2, 0) is 4.74 Å². The van der Waals surface area contributed by atoms with Gasteiger partial charge in [-0.3, -0.25) is 0 Å². The Labute approximate surface area is 139 Å². The van der Waals surface area contributed by atoms with Gasteiger partial charge >= 0.3 is 12.1 Å². The summed E-state index contributed by atoms with van der Waals surface area (Å²) in [5.41, 5.74) is 0.115. The van der Waals surface area contributed by atoms with Gasteiger partial charge in [0.05, 0.1) is 21.7 Å². The third-order valence-electron chi connectivity index (χ3n) is 3.15. The minimum atomic E-state index is -0.588. The van der Waals surface area contributed by atoms with Crippen LogP contribution in [0.5, 0.6) is 5.75 Å². The molecule has 22 heavy (non-hydrogen) atoms. The highest BCUT2D eigenvalue weighted by atomic mass is 35.5. The molecule has 2 rings (SSSR count). The van der Waals surface area contributed by atoms with Gasteiger partial charge in [0.1, 0.15) is 0 Å². The number of carbonyl (C=O) groups excluding carboxylic acids is 2. The van der Waals surface area contributed by atoms with E-state index in [2.05, 4.69) is 0 Å². The largest absolute Gasteiger partial charge is 0.459 e. The van der Waals surface area contributed by atoms with Crippen molar-refractivity contribution in [3.8, 4) is 5.75 Å². The topological polar surface area (TPSA) is 55.8 Å². The van der Waals surface area contributed by atoms with E-state index in [0.717, 1.165) is 12.8 Å². The van der Waals surface area contributed by atoms with E-state index in [1.807, 2.05) is 0 Å². The minimum Gasteiger partial charge on any atom is -0.459 e. The number of benzene rings is 1. The number of hydrogen-bond donors (Lipinski definition) is 0. The smallest absolute Gasteiger partial charge is 0.415 e. The van der Waals surface area contributed by atoms with Gasteiger partial charge in [-0.25, -0.2) is 9.59 Å². The number of esters is 1. The minimum absolute atomic E-state index is 0.0960. The molecule has 0 aromatic heterocycles. The molecule has 1 heterocycles. The summed E-state index contributed by atoms with van der Waals surface area (Å²) in [6.07, 6.45) is 1.14. The lowest BCUT2D eigenvalue weighted by molar-refractivity contribution is 0.0377. The van der Waals surface area contributed by atoms with Crippen LogP contribution in [-0.4, -0.2) is 36.2 Å². The van der Waals surface area contributed by atoms with Gasteiger partial charge in [-0.15, -0.1) is 0 Å². The van der Waals surface area contributed by atoms with Gasteiger partial charge in [0, 0.05) is 13.1 Å². The normalized spacial score (nSPS) is 14.3. The maximum Gasteiger partial charge on any atom is 0.415 e. The van der Waals surface area contributed by atoms with Crippen molar-refractivity contribution in [1.29, 1.82) is 0 Å². The zero-order valence-electron chi connectivity index (χ0n) is 12.4. The summed E-state index contributed by atoms with van der Waals surface area (Å²) in [7, 11) is 0. The Morgan fingerprint density at radius 2 is 1.77 bits per heavy atom. The highest BCUT2D eigenvalue weighted by molar-refractivity contribution is 6.37. The average molecular weight is 346 g/mol. The third-order valence-corrected chi connectivity index (χ3v) is 3.75. The summed E-state index contributed by atoms with van der Waals surface area (Å²) in [5, 5.41) is 0.315. The first-order chi connectivity index (χ1) is 10.4. The van der Waals surface area contributed by atoms with Gasteiger partial charge in [-0.05, 0) is 38.8 Å². The molecule has 1 aromatic carbocycles. The molecular weight excluding hydrogens is 329 g/mol. The third kappa shape index (κ3) is 4.05. The van der Waals surface area contributed by atoms with Crippen molar-refractivity contribution in [2.75, 3.05) is 13.1 Å². The predicted octanol–water partition coefficient (Wildman–Crippen LogP) is 4.15. The molecule has 0 unspecified atom stereocenters. The molecule has 120 valence electrons. The molecule has 0 N–H and O–H groups in total. The number of carbonyl (C=O) groups is 2. The Morgan fingerprint density at radius 3 is 2.36 bits per heavy atom. The molecule has 0 spiro atoms. The Balaban J connectivity index is 2.20. The van der Waals surface area contributed by atoms with E-state index in [-0.39, 0.29) is 27.5 Å². The fourth-order valence-corrected chi connectivity index (χ4v) is 2.60. The average Bonchev–Trinajstić information content (AvgIpc) is 2.94. The molecule has 0 aliphatic carbocycles. The maximum absolute atomic E-state index is 12.0. The number of hydrogen-bond acceptors (Lipinski definition) is 4. The Morgan fingerprint density at radius 1 is 1.14 bits per heavy atom. The van der Waals surface area contributed by atoms with Crippen LogP contribution in [0, 0.1) is 0 Å². The first-order valence-electron chi connectivity index (χ1n) is 7.05. The lowest BCUT2D eigenvalue weighted by atomic mass is 10.2. The van der Waals surface area contributed by atoms with Gasteiger partial charge in [0.2, 0.25) is 0 Å². The number of likely N-dealkylation sites (tertiary alicyclic amines) is 1. The number of nitrogens with zero attached hydrogens (tertiary/aromatic N) is 1. The molecule has 7 heteroatoms. The van der Waals surface area contributed by atoms with Gasteiger partial charge in [0.25, 0.3) is 0 Å². The lowest BCUT2D eigenvalue weighted by Crippen LogP contribution is -2.30. The second kappa shape index (κ2) is 7.20. The molecule has 1 saturated heterocycles. The van der Waals surface area contributed by atoms with Crippen LogP contribution in [0.1, 0.15) is 37.0 Å². The first-order valence-corrected chi connectivity index (χ1v) is 7.81. The van der Waals surface area contributed by atoms with Crippen molar-refractivity contribution in [2.45, 2.75) is 32.8 Å². The van der Waals surface area contributed by atoms with Crippen LogP contribution in [0.25, 0.3) is 0 Å². The SMILES string of the molecule is CC(C)OC(=O)c1cc(OC(=O)N2CCCC2)c(Cl)cc1Cl. The van der Waals surface area contributed by atoms with Crippen molar-refractivity contribution in [2.24, 2.45) is 0 Å². The lowest BCUT2D eigenvalue weighted by Gasteiger charge is -2.16. The number of amides is 1. The van der Waals surface area contributed by atoms with Crippen LogP contribution in [0.4, 0.5) is 4.79 Å².